The number of rotatable bonds is 8. The van der Waals surface area contributed by atoms with Crippen molar-refractivity contribution in [1.29, 1.82) is 0 Å². The van der Waals surface area contributed by atoms with Gasteiger partial charge in [0, 0.05) is 20.5 Å². The number of aryl methyl sites for hydroxylation is 4. The fourth-order valence-corrected chi connectivity index (χ4v) is 9.34. The van der Waals surface area contributed by atoms with E-state index in [0.717, 1.165) is 6.42 Å². The van der Waals surface area contributed by atoms with Gasteiger partial charge in [0.25, 0.3) is 0 Å². The van der Waals surface area contributed by atoms with Gasteiger partial charge in [0.15, 0.2) is 0 Å². The van der Waals surface area contributed by atoms with E-state index in [-0.39, 0.29) is 0 Å². The van der Waals surface area contributed by atoms with E-state index >= 15 is 0 Å². The maximum absolute atomic E-state index is 4.93. The summed E-state index contributed by atoms with van der Waals surface area (Å²) in [5.41, 5.74) is 17.3. The van der Waals surface area contributed by atoms with E-state index in [9.17, 15) is 0 Å². The molecule has 0 saturated carbocycles. The van der Waals surface area contributed by atoms with Crippen LogP contribution in [-0.2, 0) is 41.7 Å². The molecule has 0 atom stereocenters. The summed E-state index contributed by atoms with van der Waals surface area (Å²) in [6.07, 6.45) is 0.750. The van der Waals surface area contributed by atoms with Crippen molar-refractivity contribution in [3.63, 3.8) is 0 Å². The molecule has 8 aromatic rings. The van der Waals surface area contributed by atoms with Gasteiger partial charge in [0.2, 0.25) is 0 Å². The predicted octanol–water partition coefficient (Wildman–Crippen LogP) is 24.7. The summed E-state index contributed by atoms with van der Waals surface area (Å²) in [6, 6.07) is 37.4. The molecular formula is C69H96Cl4Si2Zr2-6. The Bertz CT molecular complexity index is 2470. The number of hydrogen-bond acceptors (Lipinski definition) is 0. The van der Waals surface area contributed by atoms with E-state index in [1.165, 1.54) is 110 Å². The van der Waals surface area contributed by atoms with Gasteiger partial charge < -0.3 is 20.3 Å². The Morgan fingerprint density at radius 3 is 0.584 bits per heavy atom. The Labute approximate surface area is 517 Å². The quantitative estimate of drug-likeness (QED) is 0.105. The molecule has 0 unspecified atom stereocenters. The molecule has 0 heterocycles. The molecule has 0 bridgehead atoms. The van der Waals surface area contributed by atoms with E-state index in [1.807, 2.05) is 0 Å². The second kappa shape index (κ2) is 39.2. The van der Waals surface area contributed by atoms with Crippen LogP contribution in [0.25, 0.3) is 43.1 Å². The first-order chi connectivity index (χ1) is 36.2. The van der Waals surface area contributed by atoms with Crippen LogP contribution in [0.4, 0.5) is 0 Å². The van der Waals surface area contributed by atoms with Crippen LogP contribution >= 0.6 is 34.1 Å². The van der Waals surface area contributed by atoms with Gasteiger partial charge in [0.05, 0.1) is 0 Å². The first-order valence-electron chi connectivity index (χ1n) is 27.5. The molecule has 77 heavy (non-hydrogen) atoms. The molecule has 8 aromatic carbocycles. The molecule has 0 aliphatic heterocycles. The summed E-state index contributed by atoms with van der Waals surface area (Å²) >= 11 is -1.65. The van der Waals surface area contributed by atoms with E-state index in [2.05, 4.69) is 270 Å². The van der Waals surface area contributed by atoms with Gasteiger partial charge in [-0.25, -0.2) is 0 Å². The summed E-state index contributed by atoms with van der Waals surface area (Å²) in [6.45, 7) is 55.4. The normalized spacial score (nSPS) is 10.7. The minimum absolute atomic E-state index is 0.600. The maximum atomic E-state index is 4.93. The average Bonchev–Trinajstić information content (AvgIpc) is 4.15. The number of benzene rings is 4. The van der Waals surface area contributed by atoms with Gasteiger partial charge in [-0.15, -0.1) is 114 Å². The van der Waals surface area contributed by atoms with Gasteiger partial charge in [0.1, 0.15) is 0 Å². The molecule has 0 aliphatic carbocycles. The van der Waals surface area contributed by atoms with Crippen LogP contribution in [-0.4, -0.2) is 20.5 Å². The SMILES string of the molecule is C[Si].C[Si].Cc1cc2c(C(C)C)cc(C(C)C)cc2[cH-]1.Cc1cc2c(C(C)C)cc(C(C)C)cc2[cH-]1.Cc1cc2c(C(C)C)cc(C(C)C)cc2[cH-]1.Cc1cc2c(C(C)C)cc(C(C)C)cc2[cH-]1.[CH2-]C[CH2-].[Cl][Zr][Cl].[Cl][Zr][Cl]. The second-order valence-corrected chi connectivity index (χ2v) is 29.8. The Hall–Kier alpha value is -1.32. The summed E-state index contributed by atoms with van der Waals surface area (Å²) in [4.78, 5) is 0. The van der Waals surface area contributed by atoms with Gasteiger partial charge in [-0.05, 0) is 47.3 Å². The molecule has 0 nitrogen and oxygen atoms in total. The van der Waals surface area contributed by atoms with Crippen LogP contribution in [0.3, 0.4) is 0 Å². The van der Waals surface area contributed by atoms with Crippen LogP contribution < -0.4 is 0 Å². The van der Waals surface area contributed by atoms with Crippen molar-refractivity contribution >= 4 is 97.6 Å². The molecule has 8 rings (SSSR count). The number of halogens is 4. The van der Waals surface area contributed by atoms with Crippen molar-refractivity contribution < 1.29 is 41.7 Å². The predicted molar refractivity (Wildman–Crippen MR) is 352 cm³/mol. The number of fused-ring (bicyclic) bond motifs is 4. The molecule has 0 saturated heterocycles. The van der Waals surface area contributed by atoms with E-state index in [1.54, 1.807) is 13.1 Å². The molecule has 0 spiro atoms. The third-order valence-electron chi connectivity index (χ3n) is 13.2. The molecule has 0 N–H and O–H groups in total. The fourth-order valence-electron chi connectivity index (χ4n) is 9.34. The van der Waals surface area contributed by atoms with E-state index < -0.39 is 41.7 Å². The Morgan fingerprint density at radius 2 is 0.468 bits per heavy atom. The van der Waals surface area contributed by atoms with Crippen molar-refractivity contribution in [3.05, 3.63) is 178 Å². The summed E-state index contributed by atoms with van der Waals surface area (Å²) in [5, 5.41) is 11.4. The number of hydrogen-bond donors (Lipinski definition) is 0. The standard InChI is InChI=1S/4C16H21.C3H6.2CH3Si.4ClH.2Zr/c4*1-10(2)13-8-14-6-12(5)7-16(14)15(9-13)11(3)4;1-3-2;2*1-2;;;;;;/h4*6-11H,1-5H3;1-3H2;2*1H3;4*1H;;/q4*-1;-2;;;;;;;2*+2/p-4. The average molecular weight is 1310 g/mol. The van der Waals surface area contributed by atoms with E-state index in [0.29, 0.717) is 47.3 Å². The van der Waals surface area contributed by atoms with E-state index in [4.69, 9.17) is 34.1 Å². The molecule has 8 heteroatoms. The summed E-state index contributed by atoms with van der Waals surface area (Å²) in [5.74, 6) is 4.83. The first kappa shape index (κ1) is 75.7. The molecular weight excluding hydrogens is 1210 g/mol. The van der Waals surface area contributed by atoms with Crippen molar-refractivity contribution in [2.24, 2.45) is 0 Å². The minimum atomic E-state index is -0.826. The van der Waals surface area contributed by atoms with Crippen molar-refractivity contribution in [1.82, 2.24) is 0 Å². The topological polar surface area (TPSA) is 0 Å². The Kier molecular flexibility index (Phi) is 38.5. The Morgan fingerprint density at radius 1 is 0.325 bits per heavy atom. The zero-order chi connectivity index (χ0) is 59.6. The Balaban J connectivity index is 0.000000929. The molecule has 6 radical (unpaired) electrons. The van der Waals surface area contributed by atoms with Crippen molar-refractivity contribution in [2.75, 3.05) is 0 Å². The van der Waals surface area contributed by atoms with Gasteiger partial charge in [-0.3, -0.25) is 0 Å². The summed E-state index contributed by atoms with van der Waals surface area (Å²) < 4.78 is 0. The second-order valence-electron chi connectivity index (χ2n) is 22.3. The fraction of sp³-hybridized carbons (Fsp3) is 0.449. The summed E-state index contributed by atoms with van der Waals surface area (Å²) in [7, 11) is 25.7. The van der Waals surface area contributed by atoms with Crippen LogP contribution in [0.5, 0.6) is 0 Å². The zero-order valence-electron chi connectivity index (χ0n) is 51.5. The van der Waals surface area contributed by atoms with Crippen LogP contribution in [0.15, 0.2) is 97.1 Å². The van der Waals surface area contributed by atoms with Crippen LogP contribution in [0, 0.1) is 41.5 Å². The molecule has 0 fully saturated rings. The third-order valence-corrected chi connectivity index (χ3v) is 13.2. The molecule has 0 aliphatic rings. The molecule has 0 amide bonds. The van der Waals surface area contributed by atoms with Crippen LogP contribution in [0.1, 0.15) is 231 Å². The third kappa shape index (κ3) is 24.6. The molecule has 0 aromatic heterocycles. The van der Waals surface area contributed by atoms with Crippen molar-refractivity contribution in [3.8, 4) is 0 Å². The first-order valence-corrected chi connectivity index (χ1v) is 42.2. The van der Waals surface area contributed by atoms with Gasteiger partial charge in [-0.1, -0.05) is 220 Å². The van der Waals surface area contributed by atoms with Crippen molar-refractivity contribution in [2.45, 2.75) is 205 Å². The van der Waals surface area contributed by atoms with Crippen LogP contribution in [0.2, 0.25) is 13.1 Å². The monoisotopic (exact) mass is 1300 g/mol. The molecule has 422 valence electrons. The van der Waals surface area contributed by atoms with Gasteiger partial charge in [-0.2, -0.15) is 24.3 Å². The zero-order valence-corrected chi connectivity index (χ0v) is 61.4. The van der Waals surface area contributed by atoms with Gasteiger partial charge >= 0.3 is 75.7 Å².